The average Bonchev–Trinajstić information content (AvgIpc) is 2.83. The summed E-state index contributed by atoms with van der Waals surface area (Å²) in [6, 6.07) is 22.8. The first kappa shape index (κ1) is 27.8. The molecule has 1 N–H and O–H groups in total. The first-order valence-electron chi connectivity index (χ1n) is 11.8. The summed E-state index contributed by atoms with van der Waals surface area (Å²) in [6.07, 6.45) is 0.358. The lowest BCUT2D eigenvalue weighted by Gasteiger charge is -2.34. The fourth-order valence-corrected chi connectivity index (χ4v) is 4.86. The molecule has 3 rings (SSSR count). The van der Waals surface area contributed by atoms with E-state index < -0.39 is 11.6 Å². The van der Waals surface area contributed by atoms with Gasteiger partial charge in [0.05, 0.1) is 5.75 Å². The SMILES string of the molecule is CC(C)(C)NC(=O)C(Cc1ccccc1)N(Cc1ccccc1Cl)C(=O)CSCc1ccccc1F. The van der Waals surface area contributed by atoms with Crippen molar-refractivity contribution in [2.24, 2.45) is 0 Å². The monoisotopic (exact) mass is 526 g/mol. The number of amides is 2. The summed E-state index contributed by atoms with van der Waals surface area (Å²) in [5.41, 5.74) is 1.78. The lowest BCUT2D eigenvalue weighted by atomic mass is 10.0. The molecular weight excluding hydrogens is 495 g/mol. The molecule has 1 atom stereocenters. The number of benzene rings is 3. The lowest BCUT2D eigenvalue weighted by Crippen LogP contribution is -2.54. The van der Waals surface area contributed by atoms with Crippen LogP contribution in [0.3, 0.4) is 0 Å². The number of halogens is 2. The number of hydrogen-bond donors (Lipinski definition) is 1. The van der Waals surface area contributed by atoms with Gasteiger partial charge in [-0.3, -0.25) is 9.59 Å². The van der Waals surface area contributed by atoms with Crippen LogP contribution >= 0.6 is 23.4 Å². The normalized spacial score (nSPS) is 12.1. The number of thioether (sulfide) groups is 1. The van der Waals surface area contributed by atoms with Gasteiger partial charge in [0.1, 0.15) is 11.9 Å². The summed E-state index contributed by atoms with van der Waals surface area (Å²) in [5, 5.41) is 3.57. The Hall–Kier alpha value is -2.83. The van der Waals surface area contributed by atoms with Crippen molar-refractivity contribution in [3.8, 4) is 0 Å². The minimum Gasteiger partial charge on any atom is -0.350 e. The van der Waals surface area contributed by atoms with E-state index >= 15 is 0 Å². The van der Waals surface area contributed by atoms with Crippen molar-refractivity contribution in [1.82, 2.24) is 10.2 Å². The number of nitrogens with one attached hydrogen (secondary N) is 1. The van der Waals surface area contributed by atoms with Crippen LogP contribution < -0.4 is 5.32 Å². The molecule has 0 saturated carbocycles. The number of carbonyl (C=O) groups is 2. The second kappa shape index (κ2) is 12.9. The van der Waals surface area contributed by atoms with E-state index in [9.17, 15) is 14.0 Å². The van der Waals surface area contributed by atoms with Crippen molar-refractivity contribution < 1.29 is 14.0 Å². The van der Waals surface area contributed by atoms with E-state index in [2.05, 4.69) is 5.32 Å². The molecular formula is C29H32ClFN2O2S. The molecule has 4 nitrogen and oxygen atoms in total. The Morgan fingerprint density at radius 3 is 2.19 bits per heavy atom. The highest BCUT2D eigenvalue weighted by molar-refractivity contribution is 7.99. The van der Waals surface area contributed by atoms with Crippen LogP contribution in [0.15, 0.2) is 78.9 Å². The van der Waals surface area contributed by atoms with Crippen molar-refractivity contribution in [1.29, 1.82) is 0 Å². The van der Waals surface area contributed by atoms with Gasteiger partial charge in [0.25, 0.3) is 0 Å². The zero-order valence-corrected chi connectivity index (χ0v) is 22.4. The molecule has 0 fully saturated rings. The third-order valence-corrected chi connectivity index (χ3v) is 6.84. The Morgan fingerprint density at radius 1 is 0.944 bits per heavy atom. The minimum absolute atomic E-state index is 0.104. The zero-order valence-electron chi connectivity index (χ0n) is 20.8. The maximum atomic E-state index is 14.1. The Kier molecular flexibility index (Phi) is 9.97. The molecule has 0 radical (unpaired) electrons. The largest absolute Gasteiger partial charge is 0.350 e. The predicted octanol–water partition coefficient (Wildman–Crippen LogP) is 6.27. The Balaban J connectivity index is 1.89. The van der Waals surface area contributed by atoms with Gasteiger partial charge < -0.3 is 10.2 Å². The van der Waals surface area contributed by atoms with Gasteiger partial charge >= 0.3 is 0 Å². The molecule has 3 aromatic carbocycles. The topological polar surface area (TPSA) is 49.4 Å². The van der Waals surface area contributed by atoms with Crippen LogP contribution in [0.1, 0.15) is 37.5 Å². The molecule has 0 aromatic heterocycles. The maximum absolute atomic E-state index is 14.1. The van der Waals surface area contributed by atoms with Gasteiger partial charge in [-0.05, 0) is 49.6 Å². The van der Waals surface area contributed by atoms with Gasteiger partial charge in [-0.25, -0.2) is 4.39 Å². The number of nitrogens with zero attached hydrogens (tertiary/aromatic N) is 1. The molecule has 0 aliphatic heterocycles. The van der Waals surface area contributed by atoms with Gasteiger partial charge in [-0.15, -0.1) is 11.8 Å². The molecule has 36 heavy (non-hydrogen) atoms. The third kappa shape index (κ3) is 8.38. The summed E-state index contributed by atoms with van der Waals surface area (Å²) < 4.78 is 14.1. The molecule has 2 amide bonds. The van der Waals surface area contributed by atoms with Crippen molar-refractivity contribution in [3.63, 3.8) is 0 Å². The van der Waals surface area contributed by atoms with Gasteiger partial charge in [-0.1, -0.05) is 78.3 Å². The highest BCUT2D eigenvalue weighted by atomic mass is 35.5. The molecule has 0 aliphatic rings. The highest BCUT2D eigenvalue weighted by Crippen LogP contribution is 2.23. The van der Waals surface area contributed by atoms with E-state index in [1.807, 2.05) is 69.3 Å². The standard InChI is InChI=1S/C29H32ClFN2O2S/c1-29(2,3)32-28(35)26(17-21-11-5-4-6-12-21)33(18-22-13-7-9-15-24(22)30)27(34)20-36-19-23-14-8-10-16-25(23)31/h4-16,26H,17-20H2,1-3H3,(H,32,35). The summed E-state index contributed by atoms with van der Waals surface area (Å²) in [6.45, 7) is 5.92. The highest BCUT2D eigenvalue weighted by Gasteiger charge is 2.32. The molecule has 3 aromatic rings. The van der Waals surface area contributed by atoms with Crippen molar-refractivity contribution in [3.05, 3.63) is 106 Å². The van der Waals surface area contributed by atoms with Crippen LogP contribution in [0.4, 0.5) is 4.39 Å². The lowest BCUT2D eigenvalue weighted by molar-refractivity contribution is -0.140. The Morgan fingerprint density at radius 2 is 1.56 bits per heavy atom. The van der Waals surface area contributed by atoms with Crippen LogP contribution in [0, 0.1) is 5.82 Å². The molecule has 0 heterocycles. The number of hydrogen-bond acceptors (Lipinski definition) is 3. The number of carbonyl (C=O) groups excluding carboxylic acids is 2. The van der Waals surface area contributed by atoms with Crippen molar-refractivity contribution in [2.75, 3.05) is 5.75 Å². The first-order chi connectivity index (χ1) is 17.1. The molecule has 0 bridgehead atoms. The van der Waals surface area contributed by atoms with Crippen LogP contribution in [-0.4, -0.2) is 34.0 Å². The van der Waals surface area contributed by atoms with Gasteiger partial charge in [-0.2, -0.15) is 0 Å². The minimum atomic E-state index is -0.746. The van der Waals surface area contributed by atoms with Crippen LogP contribution in [-0.2, 0) is 28.3 Å². The predicted molar refractivity (Wildman–Crippen MR) is 146 cm³/mol. The first-order valence-corrected chi connectivity index (χ1v) is 13.4. The van der Waals surface area contributed by atoms with Gasteiger partial charge in [0.2, 0.25) is 11.8 Å². The summed E-state index contributed by atoms with van der Waals surface area (Å²) in [7, 11) is 0. The van der Waals surface area contributed by atoms with Crippen LogP contribution in [0.25, 0.3) is 0 Å². The van der Waals surface area contributed by atoms with E-state index in [1.165, 1.54) is 17.8 Å². The molecule has 0 spiro atoms. The molecule has 1 unspecified atom stereocenters. The second-order valence-corrected chi connectivity index (χ2v) is 11.0. The fraction of sp³-hybridized carbons (Fsp3) is 0.310. The summed E-state index contributed by atoms with van der Waals surface area (Å²) in [4.78, 5) is 28.8. The molecule has 190 valence electrons. The fourth-order valence-electron chi connectivity index (χ4n) is 3.76. The van der Waals surface area contributed by atoms with Crippen molar-refractivity contribution >= 4 is 35.2 Å². The second-order valence-electron chi connectivity index (χ2n) is 9.64. The molecule has 0 saturated heterocycles. The van der Waals surface area contributed by atoms with Crippen LogP contribution in [0.2, 0.25) is 5.02 Å². The van der Waals surface area contributed by atoms with E-state index in [0.717, 1.165) is 11.1 Å². The summed E-state index contributed by atoms with van der Waals surface area (Å²) in [5.74, 6) is -0.271. The number of rotatable bonds is 10. The average molecular weight is 527 g/mol. The van der Waals surface area contributed by atoms with Gasteiger partial charge in [0, 0.05) is 29.3 Å². The molecule has 7 heteroatoms. The van der Waals surface area contributed by atoms with Crippen molar-refractivity contribution in [2.45, 2.75) is 51.1 Å². The van der Waals surface area contributed by atoms with Gasteiger partial charge in [0.15, 0.2) is 0 Å². The molecule has 0 aliphatic carbocycles. The third-order valence-electron chi connectivity index (χ3n) is 5.51. The van der Waals surface area contributed by atoms with Crippen LogP contribution in [0.5, 0.6) is 0 Å². The Bertz CT molecular complexity index is 1170. The van der Waals surface area contributed by atoms with E-state index in [4.69, 9.17) is 11.6 Å². The maximum Gasteiger partial charge on any atom is 0.243 e. The van der Waals surface area contributed by atoms with E-state index in [0.29, 0.717) is 22.8 Å². The Labute approximate surface area is 222 Å². The quantitative estimate of drug-likeness (QED) is 0.339. The zero-order chi connectivity index (χ0) is 26.1. The van der Waals surface area contributed by atoms with E-state index in [-0.39, 0.29) is 29.9 Å². The smallest absolute Gasteiger partial charge is 0.243 e. The van der Waals surface area contributed by atoms with E-state index in [1.54, 1.807) is 29.2 Å². The summed E-state index contributed by atoms with van der Waals surface area (Å²) >= 11 is 7.76.